The van der Waals surface area contributed by atoms with Crippen LogP contribution in [0.2, 0.25) is 0 Å². The second-order valence-electron chi connectivity index (χ2n) is 4.08. The minimum absolute atomic E-state index is 0.777. The van der Waals surface area contributed by atoms with Gasteiger partial charge in [0, 0.05) is 4.47 Å². The molecule has 1 aliphatic rings. The molecule has 0 N–H and O–H groups in total. The van der Waals surface area contributed by atoms with E-state index in [1.54, 1.807) is 0 Å². The van der Waals surface area contributed by atoms with Gasteiger partial charge < -0.3 is 4.74 Å². The lowest BCUT2D eigenvalue weighted by Crippen LogP contribution is -2.28. The van der Waals surface area contributed by atoms with Crippen molar-refractivity contribution < 1.29 is 4.74 Å². The van der Waals surface area contributed by atoms with Crippen LogP contribution in [-0.4, -0.2) is 6.61 Å². The number of rotatable bonds is 3. The predicted molar refractivity (Wildman–Crippen MR) is 61.5 cm³/mol. The van der Waals surface area contributed by atoms with Crippen LogP contribution in [0.5, 0.6) is 5.75 Å². The Kier molecular flexibility index (Phi) is 3.12. The number of ether oxygens (including phenoxy) is 1. The van der Waals surface area contributed by atoms with Gasteiger partial charge in [0.05, 0.1) is 6.61 Å². The third kappa shape index (κ3) is 2.30. The van der Waals surface area contributed by atoms with E-state index in [-0.39, 0.29) is 0 Å². The van der Waals surface area contributed by atoms with Crippen molar-refractivity contribution >= 4 is 15.9 Å². The van der Waals surface area contributed by atoms with Crippen molar-refractivity contribution in [2.45, 2.75) is 19.8 Å². The molecule has 0 aromatic heterocycles. The maximum Gasteiger partial charge on any atom is 0.119 e. The SMILES string of the molecule is C[C@H]1CC[C@H]1COc1ccc(Br)cc1. The first-order valence-corrected chi connectivity index (χ1v) is 5.93. The van der Waals surface area contributed by atoms with Gasteiger partial charge in [0.15, 0.2) is 0 Å². The molecule has 1 aliphatic carbocycles. The molecule has 0 bridgehead atoms. The van der Waals surface area contributed by atoms with Crippen molar-refractivity contribution in [1.29, 1.82) is 0 Å². The van der Waals surface area contributed by atoms with E-state index in [1.165, 1.54) is 12.8 Å². The Labute approximate surface area is 93.6 Å². The predicted octanol–water partition coefficient (Wildman–Crippen LogP) is 3.87. The van der Waals surface area contributed by atoms with E-state index >= 15 is 0 Å². The molecule has 1 fully saturated rings. The van der Waals surface area contributed by atoms with Gasteiger partial charge >= 0.3 is 0 Å². The number of hydrogen-bond acceptors (Lipinski definition) is 1. The van der Waals surface area contributed by atoms with E-state index in [0.29, 0.717) is 0 Å². The summed E-state index contributed by atoms with van der Waals surface area (Å²) in [7, 11) is 0. The lowest BCUT2D eigenvalue weighted by molar-refractivity contribution is 0.116. The maximum absolute atomic E-state index is 5.71. The van der Waals surface area contributed by atoms with Crippen LogP contribution >= 0.6 is 15.9 Å². The molecule has 1 saturated carbocycles. The highest BCUT2D eigenvalue weighted by atomic mass is 79.9. The molecular formula is C12H15BrO. The first-order valence-electron chi connectivity index (χ1n) is 5.14. The average Bonchev–Trinajstić information content (AvgIpc) is 2.19. The summed E-state index contributed by atoms with van der Waals surface area (Å²) in [6.45, 7) is 3.18. The molecule has 0 radical (unpaired) electrons. The number of halogens is 1. The van der Waals surface area contributed by atoms with E-state index in [2.05, 4.69) is 22.9 Å². The van der Waals surface area contributed by atoms with E-state index < -0.39 is 0 Å². The molecule has 0 aliphatic heterocycles. The fourth-order valence-electron chi connectivity index (χ4n) is 1.72. The topological polar surface area (TPSA) is 9.23 Å². The van der Waals surface area contributed by atoms with Crippen molar-refractivity contribution in [2.75, 3.05) is 6.61 Å². The molecule has 14 heavy (non-hydrogen) atoms. The minimum atomic E-state index is 0.777. The van der Waals surface area contributed by atoms with Crippen molar-refractivity contribution in [1.82, 2.24) is 0 Å². The summed E-state index contributed by atoms with van der Waals surface area (Å²) in [6, 6.07) is 8.04. The molecule has 2 rings (SSSR count). The molecule has 2 heteroatoms. The summed E-state index contributed by atoms with van der Waals surface area (Å²) >= 11 is 3.40. The van der Waals surface area contributed by atoms with E-state index in [1.807, 2.05) is 24.3 Å². The molecular weight excluding hydrogens is 240 g/mol. The molecule has 2 atom stereocenters. The van der Waals surface area contributed by atoms with Crippen molar-refractivity contribution in [3.8, 4) is 5.75 Å². The fraction of sp³-hybridized carbons (Fsp3) is 0.500. The molecule has 76 valence electrons. The third-order valence-electron chi connectivity index (χ3n) is 3.08. The van der Waals surface area contributed by atoms with Gasteiger partial charge in [-0.3, -0.25) is 0 Å². The van der Waals surface area contributed by atoms with Gasteiger partial charge in [0.2, 0.25) is 0 Å². The normalized spacial score (nSPS) is 25.6. The Morgan fingerprint density at radius 1 is 1.29 bits per heavy atom. The molecule has 0 spiro atoms. The largest absolute Gasteiger partial charge is 0.493 e. The van der Waals surface area contributed by atoms with Gasteiger partial charge in [-0.15, -0.1) is 0 Å². The highest BCUT2D eigenvalue weighted by Gasteiger charge is 2.26. The van der Waals surface area contributed by atoms with Crippen LogP contribution in [0.15, 0.2) is 28.7 Å². The zero-order valence-corrected chi connectivity index (χ0v) is 9.96. The monoisotopic (exact) mass is 254 g/mol. The van der Waals surface area contributed by atoms with Gasteiger partial charge in [0.1, 0.15) is 5.75 Å². The quantitative estimate of drug-likeness (QED) is 0.796. The van der Waals surface area contributed by atoms with Crippen molar-refractivity contribution in [3.63, 3.8) is 0 Å². The second-order valence-corrected chi connectivity index (χ2v) is 5.00. The lowest BCUT2D eigenvalue weighted by Gasteiger charge is -2.33. The zero-order valence-electron chi connectivity index (χ0n) is 8.37. The van der Waals surface area contributed by atoms with Gasteiger partial charge in [-0.25, -0.2) is 0 Å². The van der Waals surface area contributed by atoms with E-state index in [0.717, 1.165) is 28.7 Å². The van der Waals surface area contributed by atoms with Crippen LogP contribution < -0.4 is 4.74 Å². The van der Waals surface area contributed by atoms with Gasteiger partial charge in [-0.1, -0.05) is 22.9 Å². The Bertz CT molecular complexity index is 294. The standard InChI is InChI=1S/C12H15BrO/c1-9-2-3-10(9)8-14-12-6-4-11(13)5-7-12/h4-7,9-10H,2-3,8H2,1H3/t9-,10-/m0/s1. The van der Waals surface area contributed by atoms with E-state index in [4.69, 9.17) is 4.74 Å². The summed E-state index contributed by atoms with van der Waals surface area (Å²) < 4.78 is 6.81. The van der Waals surface area contributed by atoms with E-state index in [9.17, 15) is 0 Å². The molecule has 1 aromatic carbocycles. The smallest absolute Gasteiger partial charge is 0.119 e. The summed E-state index contributed by atoms with van der Waals surface area (Å²) in [5.41, 5.74) is 0. The van der Waals surface area contributed by atoms with Crippen LogP contribution in [0.1, 0.15) is 19.8 Å². The van der Waals surface area contributed by atoms with Gasteiger partial charge in [0.25, 0.3) is 0 Å². The fourth-order valence-corrected chi connectivity index (χ4v) is 1.98. The van der Waals surface area contributed by atoms with Crippen LogP contribution in [0.4, 0.5) is 0 Å². The third-order valence-corrected chi connectivity index (χ3v) is 3.60. The highest BCUT2D eigenvalue weighted by Crippen LogP contribution is 2.33. The zero-order chi connectivity index (χ0) is 9.97. The summed E-state index contributed by atoms with van der Waals surface area (Å²) in [4.78, 5) is 0. The number of benzene rings is 1. The Hall–Kier alpha value is -0.500. The second kappa shape index (κ2) is 4.35. The molecule has 0 unspecified atom stereocenters. The molecule has 0 saturated heterocycles. The highest BCUT2D eigenvalue weighted by molar-refractivity contribution is 9.10. The summed E-state index contributed by atoms with van der Waals surface area (Å²) in [5, 5.41) is 0. The Balaban J connectivity index is 1.83. The van der Waals surface area contributed by atoms with Gasteiger partial charge in [-0.2, -0.15) is 0 Å². The lowest BCUT2D eigenvalue weighted by atomic mass is 9.75. The minimum Gasteiger partial charge on any atom is -0.493 e. The first-order chi connectivity index (χ1) is 6.75. The van der Waals surface area contributed by atoms with Crippen molar-refractivity contribution in [3.05, 3.63) is 28.7 Å². The maximum atomic E-state index is 5.71. The van der Waals surface area contributed by atoms with Crippen molar-refractivity contribution in [2.24, 2.45) is 11.8 Å². The summed E-state index contributed by atoms with van der Waals surface area (Å²) in [6.07, 6.45) is 2.70. The van der Waals surface area contributed by atoms with Crippen LogP contribution in [0, 0.1) is 11.8 Å². The van der Waals surface area contributed by atoms with Gasteiger partial charge in [-0.05, 0) is 48.9 Å². The Morgan fingerprint density at radius 3 is 2.50 bits per heavy atom. The Morgan fingerprint density at radius 2 is 2.00 bits per heavy atom. The molecule has 0 amide bonds. The van der Waals surface area contributed by atoms with Crippen LogP contribution in [0.25, 0.3) is 0 Å². The molecule has 1 nitrogen and oxygen atoms in total. The first kappa shape index (κ1) is 10.0. The molecule has 1 aromatic rings. The molecule has 0 heterocycles. The number of hydrogen-bond donors (Lipinski definition) is 0. The van der Waals surface area contributed by atoms with Crippen LogP contribution in [0.3, 0.4) is 0 Å². The van der Waals surface area contributed by atoms with Crippen LogP contribution in [-0.2, 0) is 0 Å². The average molecular weight is 255 g/mol. The summed E-state index contributed by atoms with van der Waals surface area (Å²) in [5.74, 6) is 2.61.